The third-order valence-electron chi connectivity index (χ3n) is 5.75. The van der Waals surface area contributed by atoms with Crippen LogP contribution < -0.4 is 5.32 Å². The first-order chi connectivity index (χ1) is 13.8. The Morgan fingerprint density at radius 2 is 1.69 bits per heavy atom. The van der Waals surface area contributed by atoms with Crippen molar-refractivity contribution >= 4 is 12.0 Å². The lowest BCUT2D eigenvalue weighted by Crippen LogP contribution is -2.46. The first-order valence-electron chi connectivity index (χ1n) is 10.9. The van der Waals surface area contributed by atoms with Gasteiger partial charge in [-0.05, 0) is 65.1 Å². The van der Waals surface area contributed by atoms with Crippen LogP contribution in [0.15, 0.2) is 30.3 Å². The zero-order chi connectivity index (χ0) is 20.9. The van der Waals surface area contributed by atoms with Crippen LogP contribution in [0.4, 0.5) is 4.79 Å². The van der Waals surface area contributed by atoms with Gasteiger partial charge in [0.1, 0.15) is 5.60 Å². The Balaban J connectivity index is 1.50. The SMILES string of the molecule is CC(C)(C)OC(=O)N1CCC(C(=O)NC[C@H](c2ccccc2)N2CCCC2)CC1. The molecule has 6 heteroatoms. The number of hydrogen-bond donors (Lipinski definition) is 1. The molecule has 0 aliphatic carbocycles. The highest BCUT2D eigenvalue weighted by atomic mass is 16.6. The second-order valence-electron chi connectivity index (χ2n) is 9.16. The van der Waals surface area contributed by atoms with E-state index < -0.39 is 5.60 Å². The number of likely N-dealkylation sites (tertiary alicyclic amines) is 2. The summed E-state index contributed by atoms with van der Waals surface area (Å²) in [4.78, 5) is 29.2. The van der Waals surface area contributed by atoms with Crippen molar-refractivity contribution in [2.75, 3.05) is 32.7 Å². The van der Waals surface area contributed by atoms with E-state index in [2.05, 4.69) is 34.5 Å². The average Bonchev–Trinajstić information content (AvgIpc) is 3.22. The third kappa shape index (κ3) is 6.20. The highest BCUT2D eigenvalue weighted by Crippen LogP contribution is 2.25. The van der Waals surface area contributed by atoms with Crippen LogP contribution in [0.2, 0.25) is 0 Å². The van der Waals surface area contributed by atoms with Crippen LogP contribution >= 0.6 is 0 Å². The Morgan fingerprint density at radius 3 is 2.28 bits per heavy atom. The molecule has 6 nitrogen and oxygen atoms in total. The lowest BCUT2D eigenvalue weighted by molar-refractivity contribution is -0.126. The number of amides is 2. The topological polar surface area (TPSA) is 61.9 Å². The number of carbonyl (C=O) groups is 2. The molecule has 1 aromatic rings. The molecule has 2 amide bonds. The first-order valence-corrected chi connectivity index (χ1v) is 10.9. The summed E-state index contributed by atoms with van der Waals surface area (Å²) in [5.74, 6) is 0.0673. The zero-order valence-electron chi connectivity index (χ0n) is 18.0. The van der Waals surface area contributed by atoms with Gasteiger partial charge in [0.25, 0.3) is 0 Å². The summed E-state index contributed by atoms with van der Waals surface area (Å²) in [6.45, 7) is 9.56. The van der Waals surface area contributed by atoms with Gasteiger partial charge in [-0.15, -0.1) is 0 Å². The minimum Gasteiger partial charge on any atom is -0.444 e. The van der Waals surface area contributed by atoms with Gasteiger partial charge in [0.15, 0.2) is 0 Å². The van der Waals surface area contributed by atoms with Crippen molar-refractivity contribution in [1.29, 1.82) is 0 Å². The molecule has 0 radical (unpaired) electrons. The van der Waals surface area contributed by atoms with Crippen molar-refractivity contribution in [3.63, 3.8) is 0 Å². The van der Waals surface area contributed by atoms with Crippen molar-refractivity contribution in [2.24, 2.45) is 5.92 Å². The van der Waals surface area contributed by atoms with Gasteiger partial charge in [0, 0.05) is 25.6 Å². The molecule has 160 valence electrons. The zero-order valence-corrected chi connectivity index (χ0v) is 18.0. The second-order valence-corrected chi connectivity index (χ2v) is 9.16. The molecule has 1 N–H and O–H groups in total. The molecule has 0 spiro atoms. The number of ether oxygens (including phenoxy) is 1. The Labute approximate surface area is 174 Å². The summed E-state index contributed by atoms with van der Waals surface area (Å²) in [6, 6.07) is 10.7. The van der Waals surface area contributed by atoms with E-state index in [1.54, 1.807) is 4.90 Å². The van der Waals surface area contributed by atoms with E-state index in [0.717, 1.165) is 13.1 Å². The second kappa shape index (κ2) is 9.61. The number of hydrogen-bond acceptors (Lipinski definition) is 4. The number of carbonyl (C=O) groups excluding carboxylic acids is 2. The van der Waals surface area contributed by atoms with Crippen LogP contribution in [0.25, 0.3) is 0 Å². The molecule has 0 saturated carbocycles. The summed E-state index contributed by atoms with van der Waals surface area (Å²) in [5.41, 5.74) is 0.766. The molecule has 2 aliphatic rings. The normalized spacial score (nSPS) is 19.8. The fraction of sp³-hybridized carbons (Fsp3) is 0.652. The summed E-state index contributed by atoms with van der Waals surface area (Å²) in [6.07, 6.45) is 3.53. The molecule has 0 bridgehead atoms. The van der Waals surface area contributed by atoms with E-state index in [9.17, 15) is 9.59 Å². The van der Waals surface area contributed by atoms with Crippen LogP contribution in [0.5, 0.6) is 0 Å². The van der Waals surface area contributed by atoms with Crippen LogP contribution in [0.1, 0.15) is 58.1 Å². The fourth-order valence-electron chi connectivity index (χ4n) is 4.18. The maximum atomic E-state index is 12.8. The van der Waals surface area contributed by atoms with Crippen LogP contribution in [-0.4, -0.2) is 60.1 Å². The summed E-state index contributed by atoms with van der Waals surface area (Å²) < 4.78 is 5.44. The van der Waals surface area contributed by atoms with Gasteiger partial charge in [-0.2, -0.15) is 0 Å². The van der Waals surface area contributed by atoms with Gasteiger partial charge in [0.05, 0.1) is 6.04 Å². The van der Waals surface area contributed by atoms with Gasteiger partial charge in [-0.3, -0.25) is 9.69 Å². The van der Waals surface area contributed by atoms with E-state index in [1.165, 1.54) is 18.4 Å². The van der Waals surface area contributed by atoms with E-state index in [4.69, 9.17) is 4.74 Å². The van der Waals surface area contributed by atoms with E-state index >= 15 is 0 Å². The summed E-state index contributed by atoms with van der Waals surface area (Å²) >= 11 is 0. The largest absolute Gasteiger partial charge is 0.444 e. The van der Waals surface area contributed by atoms with Crippen LogP contribution in [0, 0.1) is 5.92 Å². The van der Waals surface area contributed by atoms with Gasteiger partial charge in [-0.25, -0.2) is 4.79 Å². The van der Waals surface area contributed by atoms with E-state index in [-0.39, 0.29) is 24.0 Å². The monoisotopic (exact) mass is 401 g/mol. The number of benzene rings is 1. The maximum Gasteiger partial charge on any atom is 0.410 e. The molecule has 2 heterocycles. The standard InChI is InChI=1S/C23H35N3O3/c1-23(2,3)29-22(28)26-15-11-19(12-16-26)21(27)24-17-20(25-13-7-8-14-25)18-9-5-4-6-10-18/h4-6,9-10,19-20H,7-8,11-17H2,1-3H3,(H,24,27)/t20-/m1/s1. The Kier molecular flexibility index (Phi) is 7.17. The van der Waals surface area contributed by atoms with Gasteiger partial charge >= 0.3 is 6.09 Å². The predicted octanol–water partition coefficient (Wildman–Crippen LogP) is 3.59. The molecule has 0 unspecified atom stereocenters. The summed E-state index contributed by atoms with van der Waals surface area (Å²) in [7, 11) is 0. The van der Waals surface area contributed by atoms with Crippen molar-refractivity contribution in [3.8, 4) is 0 Å². The predicted molar refractivity (Wildman–Crippen MR) is 114 cm³/mol. The van der Waals surface area contributed by atoms with Crippen molar-refractivity contribution in [1.82, 2.24) is 15.1 Å². The Bertz CT molecular complexity index is 672. The third-order valence-corrected chi connectivity index (χ3v) is 5.75. The highest BCUT2D eigenvalue weighted by Gasteiger charge is 2.31. The van der Waals surface area contributed by atoms with Gasteiger partial charge in [-0.1, -0.05) is 30.3 Å². The van der Waals surface area contributed by atoms with E-state index in [1.807, 2.05) is 26.8 Å². The first kappa shape index (κ1) is 21.6. The van der Waals surface area contributed by atoms with Gasteiger partial charge in [0.2, 0.25) is 5.91 Å². The molecule has 1 atom stereocenters. The molecule has 2 saturated heterocycles. The molecule has 2 fully saturated rings. The smallest absolute Gasteiger partial charge is 0.410 e. The molecule has 2 aliphatic heterocycles. The number of nitrogens with one attached hydrogen (secondary N) is 1. The van der Waals surface area contributed by atoms with Crippen molar-refractivity contribution < 1.29 is 14.3 Å². The molecule has 29 heavy (non-hydrogen) atoms. The van der Waals surface area contributed by atoms with E-state index in [0.29, 0.717) is 32.5 Å². The minimum absolute atomic E-state index is 0.0383. The summed E-state index contributed by atoms with van der Waals surface area (Å²) in [5, 5.41) is 3.19. The molecule has 0 aromatic heterocycles. The molecular weight excluding hydrogens is 366 g/mol. The molecule has 3 rings (SSSR count). The Hall–Kier alpha value is -2.08. The van der Waals surface area contributed by atoms with Crippen LogP contribution in [0.3, 0.4) is 0 Å². The average molecular weight is 402 g/mol. The van der Waals surface area contributed by atoms with Crippen molar-refractivity contribution in [3.05, 3.63) is 35.9 Å². The fourth-order valence-corrected chi connectivity index (χ4v) is 4.18. The van der Waals surface area contributed by atoms with Crippen molar-refractivity contribution in [2.45, 2.75) is 58.1 Å². The van der Waals surface area contributed by atoms with Crippen LogP contribution in [-0.2, 0) is 9.53 Å². The minimum atomic E-state index is -0.493. The highest BCUT2D eigenvalue weighted by molar-refractivity contribution is 5.79. The molecule has 1 aromatic carbocycles. The molecular formula is C23H35N3O3. The number of nitrogens with zero attached hydrogens (tertiary/aromatic N) is 2. The number of rotatable bonds is 5. The lowest BCUT2D eigenvalue weighted by Gasteiger charge is -2.33. The maximum absolute atomic E-state index is 12.8. The quantitative estimate of drug-likeness (QED) is 0.819. The lowest BCUT2D eigenvalue weighted by atomic mass is 9.96. The van der Waals surface area contributed by atoms with Gasteiger partial charge < -0.3 is 15.0 Å². The Morgan fingerprint density at radius 1 is 1.07 bits per heavy atom. The number of piperidine rings is 1.